The summed E-state index contributed by atoms with van der Waals surface area (Å²) < 4.78 is 1.82. The van der Waals surface area contributed by atoms with Crippen molar-refractivity contribution in [3.63, 3.8) is 0 Å². The third kappa shape index (κ3) is 2.67. The minimum absolute atomic E-state index is 0.681. The van der Waals surface area contributed by atoms with Crippen LogP contribution in [0, 0.1) is 6.92 Å². The van der Waals surface area contributed by atoms with Gasteiger partial charge in [-0.3, -0.25) is 0 Å². The van der Waals surface area contributed by atoms with Gasteiger partial charge in [0, 0.05) is 11.6 Å². The largest absolute Gasteiger partial charge is 0.235 e. The highest BCUT2D eigenvalue weighted by atomic mass is 15.3. The van der Waals surface area contributed by atoms with Crippen LogP contribution in [0.15, 0.2) is 83.2 Å². The van der Waals surface area contributed by atoms with Crippen molar-refractivity contribution >= 4 is 17.0 Å². The maximum atomic E-state index is 4.56. The van der Waals surface area contributed by atoms with E-state index >= 15 is 0 Å². The molecule has 0 radical (unpaired) electrons. The normalized spacial score (nSPS) is 11.4. The van der Waals surface area contributed by atoms with E-state index in [-0.39, 0.29) is 0 Å². The fraction of sp³-hybridized carbons (Fsp3) is 0.0526. The van der Waals surface area contributed by atoms with E-state index in [1.54, 1.807) is 6.20 Å². The maximum absolute atomic E-state index is 4.56. The van der Waals surface area contributed by atoms with Crippen LogP contribution in [0.3, 0.4) is 0 Å². The average molecular weight is 313 g/mol. The van der Waals surface area contributed by atoms with Crippen LogP contribution in [0.5, 0.6) is 0 Å². The van der Waals surface area contributed by atoms with Gasteiger partial charge in [-0.2, -0.15) is 10.2 Å². The first-order valence-corrected chi connectivity index (χ1v) is 7.69. The van der Waals surface area contributed by atoms with Gasteiger partial charge in [-0.15, -0.1) is 5.11 Å². The van der Waals surface area contributed by atoms with E-state index in [2.05, 4.69) is 20.3 Å². The zero-order valence-corrected chi connectivity index (χ0v) is 13.2. The second-order valence-electron chi connectivity index (χ2n) is 5.45. The van der Waals surface area contributed by atoms with Gasteiger partial charge >= 0.3 is 0 Å². The summed E-state index contributed by atoms with van der Waals surface area (Å²) in [6.45, 7) is 1.95. The molecule has 2 heterocycles. The van der Waals surface area contributed by atoms with Gasteiger partial charge in [-0.25, -0.2) is 9.50 Å². The van der Waals surface area contributed by atoms with Crippen molar-refractivity contribution in [1.29, 1.82) is 0 Å². The molecule has 0 aliphatic rings. The average Bonchev–Trinajstić information content (AvgIpc) is 3.01. The first kappa shape index (κ1) is 14.3. The molecule has 5 nitrogen and oxygen atoms in total. The Morgan fingerprint density at radius 2 is 1.58 bits per heavy atom. The summed E-state index contributed by atoms with van der Waals surface area (Å²) in [5.74, 6) is 0. The number of nitrogens with zero attached hydrogens (tertiary/aromatic N) is 5. The van der Waals surface area contributed by atoms with Crippen LogP contribution in [-0.2, 0) is 0 Å². The number of hydrogen-bond donors (Lipinski definition) is 0. The van der Waals surface area contributed by atoms with Gasteiger partial charge in [-0.05, 0) is 19.1 Å². The molecule has 0 saturated heterocycles. The predicted molar refractivity (Wildman–Crippen MR) is 93.8 cm³/mol. The molecule has 0 aliphatic heterocycles. The third-order valence-electron chi connectivity index (χ3n) is 3.66. The highest BCUT2D eigenvalue weighted by Crippen LogP contribution is 2.31. The zero-order valence-electron chi connectivity index (χ0n) is 13.2. The number of hydrogen-bond acceptors (Lipinski definition) is 4. The lowest BCUT2D eigenvalue weighted by atomic mass is 10.1. The van der Waals surface area contributed by atoms with Crippen molar-refractivity contribution in [2.45, 2.75) is 6.92 Å². The molecule has 0 bridgehead atoms. The minimum Gasteiger partial charge on any atom is -0.235 e. The molecule has 116 valence electrons. The van der Waals surface area contributed by atoms with Crippen LogP contribution in [0.2, 0.25) is 0 Å². The van der Waals surface area contributed by atoms with Crippen molar-refractivity contribution < 1.29 is 0 Å². The third-order valence-corrected chi connectivity index (χ3v) is 3.66. The predicted octanol–water partition coefficient (Wildman–Crippen LogP) is 5.12. The molecule has 0 unspecified atom stereocenters. The first-order valence-electron chi connectivity index (χ1n) is 7.69. The van der Waals surface area contributed by atoms with Gasteiger partial charge in [-0.1, -0.05) is 48.5 Å². The van der Waals surface area contributed by atoms with Crippen molar-refractivity contribution in [3.05, 3.63) is 78.6 Å². The number of fused-ring (bicyclic) bond motifs is 1. The lowest BCUT2D eigenvalue weighted by molar-refractivity contribution is 0.921. The Hall–Kier alpha value is -3.34. The smallest absolute Gasteiger partial charge is 0.156 e. The molecule has 2 aromatic heterocycles. The number of aromatic nitrogens is 3. The summed E-state index contributed by atoms with van der Waals surface area (Å²) in [5.41, 5.74) is 5.10. The highest BCUT2D eigenvalue weighted by molar-refractivity contribution is 5.74. The van der Waals surface area contributed by atoms with Gasteiger partial charge < -0.3 is 0 Å². The van der Waals surface area contributed by atoms with Gasteiger partial charge in [0.1, 0.15) is 11.4 Å². The standard InChI is InChI=1S/C19H15N5/c1-14-12-18-20-13-17(22-21-16-10-6-3-7-11-16)19(24(18)23-14)15-8-4-2-5-9-15/h2-13H,1H3. The van der Waals surface area contributed by atoms with Crippen LogP contribution < -0.4 is 0 Å². The maximum Gasteiger partial charge on any atom is 0.156 e. The molecule has 0 spiro atoms. The summed E-state index contributed by atoms with van der Waals surface area (Å²) in [6, 6.07) is 21.6. The summed E-state index contributed by atoms with van der Waals surface area (Å²) >= 11 is 0. The summed E-state index contributed by atoms with van der Waals surface area (Å²) in [5, 5.41) is 13.3. The topological polar surface area (TPSA) is 54.9 Å². The summed E-state index contributed by atoms with van der Waals surface area (Å²) in [4.78, 5) is 4.45. The Labute approximate surface area is 139 Å². The quantitative estimate of drug-likeness (QED) is 0.493. The molecule has 0 N–H and O–H groups in total. The SMILES string of the molecule is Cc1cc2ncc(N=Nc3ccccc3)c(-c3ccccc3)n2n1. The van der Waals surface area contributed by atoms with Gasteiger partial charge in [0.15, 0.2) is 5.65 Å². The first-order chi connectivity index (χ1) is 11.8. The molecular weight excluding hydrogens is 298 g/mol. The highest BCUT2D eigenvalue weighted by Gasteiger charge is 2.12. The van der Waals surface area contributed by atoms with E-state index in [1.807, 2.05) is 78.2 Å². The van der Waals surface area contributed by atoms with E-state index in [0.29, 0.717) is 5.69 Å². The number of benzene rings is 2. The van der Waals surface area contributed by atoms with Crippen molar-refractivity contribution in [1.82, 2.24) is 14.6 Å². The molecule has 0 saturated carbocycles. The number of aryl methyl sites for hydroxylation is 1. The van der Waals surface area contributed by atoms with Crippen LogP contribution in [0.1, 0.15) is 5.69 Å². The summed E-state index contributed by atoms with van der Waals surface area (Å²) in [7, 11) is 0. The van der Waals surface area contributed by atoms with Crippen molar-refractivity contribution in [2.24, 2.45) is 10.2 Å². The van der Waals surface area contributed by atoms with Crippen LogP contribution in [-0.4, -0.2) is 14.6 Å². The van der Waals surface area contributed by atoms with Crippen molar-refractivity contribution in [3.8, 4) is 11.3 Å². The Balaban J connectivity index is 1.90. The second-order valence-corrected chi connectivity index (χ2v) is 5.45. The van der Waals surface area contributed by atoms with E-state index in [0.717, 1.165) is 28.3 Å². The van der Waals surface area contributed by atoms with Gasteiger partial charge in [0.05, 0.1) is 17.6 Å². The molecule has 24 heavy (non-hydrogen) atoms. The number of azo groups is 1. The molecule has 4 rings (SSSR count). The molecule has 0 aliphatic carbocycles. The zero-order chi connectivity index (χ0) is 16.4. The van der Waals surface area contributed by atoms with Crippen LogP contribution in [0.25, 0.3) is 16.9 Å². The Bertz CT molecular complexity index is 1000. The van der Waals surface area contributed by atoms with E-state index in [4.69, 9.17) is 0 Å². The Morgan fingerprint density at radius 1 is 0.875 bits per heavy atom. The monoisotopic (exact) mass is 313 g/mol. The lowest BCUT2D eigenvalue weighted by Gasteiger charge is -2.07. The van der Waals surface area contributed by atoms with Crippen molar-refractivity contribution in [2.75, 3.05) is 0 Å². The lowest BCUT2D eigenvalue weighted by Crippen LogP contribution is -1.96. The molecule has 0 fully saturated rings. The fourth-order valence-electron chi connectivity index (χ4n) is 2.58. The fourth-order valence-corrected chi connectivity index (χ4v) is 2.58. The Morgan fingerprint density at radius 3 is 2.33 bits per heavy atom. The molecule has 2 aromatic carbocycles. The van der Waals surface area contributed by atoms with E-state index in [1.165, 1.54) is 0 Å². The van der Waals surface area contributed by atoms with E-state index in [9.17, 15) is 0 Å². The second kappa shape index (κ2) is 6.04. The van der Waals surface area contributed by atoms with Crippen LogP contribution >= 0.6 is 0 Å². The van der Waals surface area contributed by atoms with Gasteiger partial charge in [0.25, 0.3) is 0 Å². The Kier molecular flexibility index (Phi) is 3.59. The number of rotatable bonds is 3. The van der Waals surface area contributed by atoms with Crippen LogP contribution in [0.4, 0.5) is 11.4 Å². The van der Waals surface area contributed by atoms with E-state index < -0.39 is 0 Å². The molecule has 5 heteroatoms. The molecule has 0 amide bonds. The molecular formula is C19H15N5. The molecule has 4 aromatic rings. The summed E-state index contributed by atoms with van der Waals surface area (Å²) in [6.07, 6.45) is 1.74. The minimum atomic E-state index is 0.681. The molecule has 0 atom stereocenters. The van der Waals surface area contributed by atoms with Gasteiger partial charge in [0.2, 0.25) is 0 Å².